The van der Waals surface area contributed by atoms with Crippen molar-refractivity contribution in [1.82, 2.24) is 39.0 Å². The molecule has 0 aliphatic carbocycles. The molecule has 0 saturated heterocycles. The van der Waals surface area contributed by atoms with E-state index in [2.05, 4.69) is 39.3 Å². The molecule has 10 aromatic rings. The van der Waals surface area contributed by atoms with Gasteiger partial charge >= 0.3 is 6.18 Å². The lowest BCUT2D eigenvalue weighted by molar-refractivity contribution is -0.137. The fourth-order valence-corrected chi connectivity index (χ4v) is 8.54. The van der Waals surface area contributed by atoms with Gasteiger partial charge in [-0.1, -0.05) is 66.7 Å². The van der Waals surface area contributed by atoms with Crippen molar-refractivity contribution in [1.29, 1.82) is 5.26 Å². The van der Waals surface area contributed by atoms with Crippen LogP contribution in [0.2, 0.25) is 0 Å². The van der Waals surface area contributed by atoms with Gasteiger partial charge in [-0.05, 0) is 87.4 Å². The van der Waals surface area contributed by atoms with Gasteiger partial charge < -0.3 is 9.13 Å². The third kappa shape index (κ3) is 6.18. The Kier molecular flexibility index (Phi) is 8.68. The molecule has 4 aromatic heterocycles. The van der Waals surface area contributed by atoms with E-state index in [9.17, 15) is 18.4 Å². The second-order valence-corrected chi connectivity index (χ2v) is 15.0. The first-order chi connectivity index (χ1) is 29.9. The molecule has 0 spiro atoms. The molecule has 0 aliphatic heterocycles. The summed E-state index contributed by atoms with van der Waals surface area (Å²) in [6.07, 6.45) is -4.84. The van der Waals surface area contributed by atoms with Crippen LogP contribution in [-0.2, 0) is 6.18 Å². The highest BCUT2D eigenvalue weighted by Crippen LogP contribution is 2.47. The first kappa shape index (κ1) is 37.9. The minimum Gasteiger partial charge on any atom is -0.308 e. The number of alkyl halides is 3. The fraction of sp³-hybridized carbons (Fsp3) is 0.102. The summed E-state index contributed by atoms with van der Waals surface area (Å²) >= 11 is 0. The van der Waals surface area contributed by atoms with Crippen LogP contribution in [0, 0.1) is 45.6 Å². The van der Waals surface area contributed by atoms with Crippen LogP contribution in [0.1, 0.15) is 34.4 Å². The summed E-state index contributed by atoms with van der Waals surface area (Å²) in [6.45, 7) is 15.7. The molecule has 10 rings (SSSR count). The maximum absolute atomic E-state index is 15.0. The van der Waals surface area contributed by atoms with Gasteiger partial charge in [0.15, 0.2) is 17.3 Å². The molecule has 6 aromatic carbocycles. The Morgan fingerprint density at radius 2 is 1.00 bits per heavy atom. The summed E-state index contributed by atoms with van der Waals surface area (Å²) in [5, 5.41) is 13.2. The minimum absolute atomic E-state index is 0.0117. The van der Waals surface area contributed by atoms with Crippen molar-refractivity contribution in [2.45, 2.75) is 33.9 Å². The molecule has 4 heterocycles. The van der Waals surface area contributed by atoms with Gasteiger partial charge in [-0.25, -0.2) is 34.7 Å². The monoisotopic (exact) mass is 816 g/mol. The minimum atomic E-state index is -4.84. The zero-order valence-corrected chi connectivity index (χ0v) is 33.6. The van der Waals surface area contributed by atoms with E-state index >= 15 is 0 Å². The number of rotatable bonds is 5. The molecule has 0 unspecified atom stereocenters. The quantitative estimate of drug-likeness (QED) is 0.159. The Morgan fingerprint density at radius 1 is 0.532 bits per heavy atom. The van der Waals surface area contributed by atoms with Crippen LogP contribution in [0.4, 0.5) is 18.9 Å². The molecule has 0 aliphatic rings. The van der Waals surface area contributed by atoms with Crippen molar-refractivity contribution in [3.63, 3.8) is 0 Å². The zero-order chi connectivity index (χ0) is 43.0. The Morgan fingerprint density at radius 3 is 1.47 bits per heavy atom. The van der Waals surface area contributed by atoms with Gasteiger partial charge in [-0.3, -0.25) is 0 Å². The first-order valence-corrected chi connectivity index (χ1v) is 19.5. The van der Waals surface area contributed by atoms with Crippen LogP contribution < -0.4 is 0 Å². The molecule has 0 bridgehead atoms. The fourth-order valence-electron chi connectivity index (χ4n) is 8.54. The van der Waals surface area contributed by atoms with Crippen LogP contribution in [0.3, 0.4) is 0 Å². The van der Waals surface area contributed by atoms with Crippen molar-refractivity contribution < 1.29 is 13.2 Å². The molecule has 0 amide bonds. The number of hydrogen-bond acceptors (Lipinski definition) is 7. The molecule has 0 atom stereocenters. The Bertz CT molecular complexity index is 3570. The van der Waals surface area contributed by atoms with Gasteiger partial charge in [0.2, 0.25) is 0 Å². The lowest BCUT2D eigenvalue weighted by Crippen LogP contribution is -2.09. The zero-order valence-electron chi connectivity index (χ0n) is 33.6. The van der Waals surface area contributed by atoms with E-state index in [1.54, 1.807) is 26.0 Å². The van der Waals surface area contributed by atoms with Crippen molar-refractivity contribution in [3.8, 4) is 51.3 Å². The molecule has 62 heavy (non-hydrogen) atoms. The Balaban J connectivity index is 1.38. The number of halogens is 3. The lowest BCUT2D eigenvalue weighted by atomic mass is 9.95. The van der Waals surface area contributed by atoms with Crippen molar-refractivity contribution in [3.05, 3.63) is 161 Å². The first-order valence-electron chi connectivity index (χ1n) is 19.5. The highest BCUT2D eigenvalue weighted by molar-refractivity contribution is 6.13. The standard InChI is InChI=1S/C49H31F3N10/c1-26-55-27(2)58-47(57-26)31-15-18-36-34-10-6-8-12-41(34)61(43(36)21-31)45-23-38(33-17-14-30(25-53)20-39(33)49(50,51)52)40(54-5)24-46(45)62-42-13-9-7-11-35(42)37-19-16-32(22-44(37)62)48-59-28(3)56-29(4)60-48/h6-24H,1-4H3. The van der Waals surface area contributed by atoms with E-state index in [0.717, 1.165) is 55.2 Å². The van der Waals surface area contributed by atoms with E-state index in [1.165, 1.54) is 12.1 Å². The Hall–Kier alpha value is -8.29. The summed E-state index contributed by atoms with van der Waals surface area (Å²) in [5.74, 6) is 3.23. The van der Waals surface area contributed by atoms with Crippen LogP contribution in [-0.4, -0.2) is 39.0 Å². The van der Waals surface area contributed by atoms with E-state index in [0.29, 0.717) is 51.9 Å². The molecule has 10 nitrogen and oxygen atoms in total. The summed E-state index contributed by atoms with van der Waals surface area (Å²) in [4.78, 5) is 31.2. The number of hydrogen-bond donors (Lipinski definition) is 0. The van der Waals surface area contributed by atoms with Crippen molar-refractivity contribution in [2.75, 3.05) is 0 Å². The second kappa shape index (κ2) is 14.2. The maximum Gasteiger partial charge on any atom is 0.417 e. The number of aromatic nitrogens is 8. The Labute approximate surface area is 352 Å². The number of para-hydroxylation sites is 2. The van der Waals surface area contributed by atoms with E-state index < -0.39 is 11.7 Å². The average molecular weight is 817 g/mol. The van der Waals surface area contributed by atoms with Gasteiger partial charge in [0.25, 0.3) is 0 Å². The van der Waals surface area contributed by atoms with E-state index in [4.69, 9.17) is 6.57 Å². The van der Waals surface area contributed by atoms with Gasteiger partial charge in [0.05, 0.1) is 57.2 Å². The molecule has 298 valence electrons. The van der Waals surface area contributed by atoms with Gasteiger partial charge in [-0.2, -0.15) is 18.4 Å². The van der Waals surface area contributed by atoms with Crippen LogP contribution in [0.5, 0.6) is 0 Å². The SMILES string of the molecule is [C-]#[N+]c1cc(-n2c3ccccc3c3ccc(-c4nc(C)nc(C)n4)cc32)c(-n2c3ccccc3c3ccc(-c4nc(C)nc(C)n4)cc32)cc1-c1ccc(C#N)cc1C(F)(F)F. The van der Waals surface area contributed by atoms with Crippen LogP contribution >= 0.6 is 0 Å². The number of nitriles is 1. The van der Waals surface area contributed by atoms with Gasteiger partial charge in [0, 0.05) is 32.7 Å². The summed E-state index contributed by atoms with van der Waals surface area (Å²) in [5.41, 5.74) is 4.20. The summed E-state index contributed by atoms with van der Waals surface area (Å²) < 4.78 is 49.1. The van der Waals surface area contributed by atoms with Crippen LogP contribution in [0.15, 0.2) is 115 Å². The molecular formula is C49H31F3N10. The summed E-state index contributed by atoms with van der Waals surface area (Å²) in [6, 6.07) is 36.2. The smallest absolute Gasteiger partial charge is 0.308 e. The molecule has 13 heteroatoms. The van der Waals surface area contributed by atoms with E-state index in [-0.39, 0.29) is 22.4 Å². The normalized spacial score (nSPS) is 11.8. The van der Waals surface area contributed by atoms with Crippen molar-refractivity contribution in [2.24, 2.45) is 0 Å². The predicted octanol–water partition coefficient (Wildman–Crippen LogP) is 11.9. The number of aryl methyl sites for hydroxylation is 4. The lowest BCUT2D eigenvalue weighted by Gasteiger charge is -2.21. The molecule has 0 fully saturated rings. The number of benzene rings is 6. The van der Waals surface area contributed by atoms with Gasteiger partial charge in [-0.15, -0.1) is 0 Å². The predicted molar refractivity (Wildman–Crippen MR) is 233 cm³/mol. The highest BCUT2D eigenvalue weighted by Gasteiger charge is 2.35. The molecule has 0 saturated carbocycles. The number of nitrogens with zero attached hydrogens (tertiary/aromatic N) is 10. The molecular weight excluding hydrogens is 786 g/mol. The van der Waals surface area contributed by atoms with Gasteiger partial charge in [0.1, 0.15) is 23.3 Å². The second-order valence-electron chi connectivity index (χ2n) is 15.0. The third-order valence-electron chi connectivity index (χ3n) is 11.0. The summed E-state index contributed by atoms with van der Waals surface area (Å²) in [7, 11) is 0. The number of fused-ring (bicyclic) bond motifs is 6. The molecule has 0 N–H and O–H groups in total. The van der Waals surface area contributed by atoms with Crippen molar-refractivity contribution >= 4 is 49.3 Å². The highest BCUT2D eigenvalue weighted by atomic mass is 19.4. The molecule has 0 radical (unpaired) electrons. The maximum atomic E-state index is 15.0. The van der Waals surface area contributed by atoms with Crippen LogP contribution in [0.25, 0.3) is 93.7 Å². The van der Waals surface area contributed by atoms with E-state index in [1.807, 2.05) is 109 Å². The average Bonchev–Trinajstić information content (AvgIpc) is 3.76. The third-order valence-corrected chi connectivity index (χ3v) is 11.0. The topological polar surface area (TPSA) is 115 Å². The largest absolute Gasteiger partial charge is 0.417 e.